The molecule has 0 unspecified atom stereocenters. The second-order valence-corrected chi connectivity index (χ2v) is 18.6. The summed E-state index contributed by atoms with van der Waals surface area (Å²) in [5.74, 6) is -0.342. The average Bonchev–Trinajstić information content (AvgIpc) is 4.08. The highest BCUT2D eigenvalue weighted by molar-refractivity contribution is 7.30. The van der Waals surface area contributed by atoms with Gasteiger partial charge in [-0.25, -0.2) is 4.79 Å². The van der Waals surface area contributed by atoms with Crippen LogP contribution in [0.2, 0.25) is 0 Å². The van der Waals surface area contributed by atoms with Crippen LogP contribution in [0.5, 0.6) is 0 Å². The number of carbonyl (C=O) groups is 1. The number of esters is 1. The third-order valence-corrected chi connectivity index (χ3v) is 15.3. The number of hydrogen-bond acceptors (Lipinski definition) is 16. The van der Waals surface area contributed by atoms with E-state index in [-0.39, 0.29) is 12.6 Å². The van der Waals surface area contributed by atoms with Crippen LogP contribution in [0, 0.1) is 0 Å². The van der Waals surface area contributed by atoms with E-state index in [1.54, 1.807) is 29.8 Å². The van der Waals surface area contributed by atoms with Crippen molar-refractivity contribution in [1.29, 1.82) is 0 Å². The molecule has 0 saturated heterocycles. The Labute approximate surface area is 363 Å². The third kappa shape index (κ3) is 14.8. The van der Waals surface area contributed by atoms with Crippen molar-refractivity contribution < 1.29 is 47.4 Å². The maximum absolute atomic E-state index is 12.7. The van der Waals surface area contributed by atoms with Crippen LogP contribution >= 0.6 is 68.0 Å². The van der Waals surface area contributed by atoms with E-state index in [1.807, 2.05) is 46.1 Å². The lowest BCUT2D eigenvalue weighted by Crippen LogP contribution is -2.15. The first-order valence-corrected chi connectivity index (χ1v) is 23.9. The van der Waals surface area contributed by atoms with Gasteiger partial charge in [-0.3, -0.25) is 0 Å². The number of hydrogen-bond donors (Lipinski definition) is 0. The summed E-state index contributed by atoms with van der Waals surface area (Å²) in [5.41, 5.74) is 0. The van der Waals surface area contributed by atoms with Gasteiger partial charge in [0.1, 0.15) is 11.5 Å². The van der Waals surface area contributed by atoms with Crippen LogP contribution in [-0.2, 0) is 42.6 Å². The van der Waals surface area contributed by atoms with Crippen molar-refractivity contribution in [3.63, 3.8) is 0 Å². The second kappa shape index (κ2) is 25.9. The van der Waals surface area contributed by atoms with Gasteiger partial charge in [0.25, 0.3) is 0 Å². The minimum atomic E-state index is -0.342. The van der Waals surface area contributed by atoms with E-state index in [9.17, 15) is 4.79 Å². The van der Waals surface area contributed by atoms with Gasteiger partial charge < -0.3 is 42.6 Å². The largest absolute Gasteiger partial charge is 0.459 e. The Kier molecular flexibility index (Phi) is 20.0. The summed E-state index contributed by atoms with van der Waals surface area (Å²) < 4.78 is 48.7. The molecule has 0 aliphatic carbocycles. The first kappa shape index (κ1) is 44.9. The zero-order valence-corrected chi connectivity index (χ0v) is 37.3. The third-order valence-electron chi connectivity index (χ3n) is 8.09. The molecule has 0 amide bonds. The fourth-order valence-electron chi connectivity index (χ4n) is 5.24. The molecule has 6 aromatic rings. The fourth-order valence-corrected chi connectivity index (χ4v) is 11.4. The molecule has 0 aliphatic rings. The molecule has 0 aliphatic heterocycles. The van der Waals surface area contributed by atoms with Crippen LogP contribution < -0.4 is 0 Å². The zero-order chi connectivity index (χ0) is 40.0. The molecule has 0 aromatic carbocycles. The molecular formula is C42H48O10S6. The summed E-state index contributed by atoms with van der Waals surface area (Å²) in [6.45, 7) is 7.53. The Balaban J connectivity index is 0.774. The van der Waals surface area contributed by atoms with Crippen molar-refractivity contribution in [1.82, 2.24) is 0 Å². The fraction of sp³-hybridized carbons (Fsp3) is 0.405. The van der Waals surface area contributed by atoms with E-state index < -0.39 is 0 Å². The SMILES string of the molecule is COCCOCCOCCOCCOCCOCCOCCOCCOC(=O)c1ccc(-c2ccc(-c3ccc(-c4ccc(-c5ccc(-c6cccs6)s5)s4)s3)s2)s1. The second-order valence-electron chi connectivity index (χ2n) is 12.2. The number of methoxy groups -OCH3 is 1. The highest BCUT2D eigenvalue weighted by atomic mass is 32.1. The van der Waals surface area contributed by atoms with Crippen LogP contribution in [0.3, 0.4) is 0 Å². The lowest BCUT2D eigenvalue weighted by atomic mass is 10.3. The summed E-state index contributed by atoms with van der Waals surface area (Å²) in [4.78, 5) is 25.7. The smallest absolute Gasteiger partial charge is 0.348 e. The molecule has 10 nitrogen and oxygen atoms in total. The van der Waals surface area contributed by atoms with Gasteiger partial charge in [-0.2, -0.15) is 0 Å². The van der Waals surface area contributed by atoms with E-state index in [1.165, 1.54) is 50.4 Å². The van der Waals surface area contributed by atoms with Gasteiger partial charge in [0, 0.05) is 55.9 Å². The Morgan fingerprint density at radius 3 is 1.03 bits per heavy atom. The van der Waals surface area contributed by atoms with Gasteiger partial charge in [0.2, 0.25) is 0 Å². The Morgan fingerprint density at radius 2 is 0.690 bits per heavy atom. The van der Waals surface area contributed by atoms with Crippen molar-refractivity contribution in [3.05, 3.63) is 83.1 Å². The number of carbonyl (C=O) groups excluding carboxylic acids is 1. The Bertz CT molecular complexity index is 2010. The van der Waals surface area contributed by atoms with E-state index in [0.29, 0.717) is 104 Å². The van der Waals surface area contributed by atoms with E-state index in [0.717, 1.165) is 9.75 Å². The van der Waals surface area contributed by atoms with Crippen molar-refractivity contribution in [3.8, 4) is 48.8 Å². The summed E-state index contributed by atoms with van der Waals surface area (Å²) in [5, 5.41) is 2.12. The van der Waals surface area contributed by atoms with E-state index in [2.05, 4.69) is 66.0 Å². The molecule has 0 spiro atoms. The highest BCUT2D eigenvalue weighted by Gasteiger charge is 2.16. The monoisotopic (exact) mass is 904 g/mol. The minimum absolute atomic E-state index is 0.179. The minimum Gasteiger partial charge on any atom is -0.459 e. The molecular weight excluding hydrogens is 857 g/mol. The molecule has 0 atom stereocenters. The summed E-state index contributed by atoms with van der Waals surface area (Å²) in [7, 11) is 1.64. The van der Waals surface area contributed by atoms with Crippen molar-refractivity contribution in [2.75, 3.05) is 113 Å². The first-order valence-electron chi connectivity index (χ1n) is 18.9. The molecule has 312 valence electrons. The maximum Gasteiger partial charge on any atom is 0.348 e. The molecule has 0 N–H and O–H groups in total. The number of rotatable bonds is 30. The molecule has 0 radical (unpaired) electrons. The normalized spacial score (nSPS) is 11.5. The first-order chi connectivity index (χ1) is 28.7. The number of thiophene rings is 6. The molecule has 16 heteroatoms. The van der Waals surface area contributed by atoms with Crippen LogP contribution in [-0.4, -0.2) is 119 Å². The summed E-state index contributed by atoms with van der Waals surface area (Å²) in [6.07, 6.45) is 0. The van der Waals surface area contributed by atoms with Crippen molar-refractivity contribution in [2.45, 2.75) is 0 Å². The van der Waals surface area contributed by atoms with Crippen LogP contribution in [0.4, 0.5) is 0 Å². The highest BCUT2D eigenvalue weighted by Crippen LogP contribution is 2.45. The molecule has 0 fully saturated rings. The predicted octanol–water partition coefficient (Wildman–Crippen LogP) is 10.3. The molecule has 6 heterocycles. The van der Waals surface area contributed by atoms with E-state index in [4.69, 9.17) is 42.6 Å². The summed E-state index contributed by atoms with van der Waals surface area (Å²) in [6, 6.07) is 25.7. The summed E-state index contributed by atoms with van der Waals surface area (Å²) >= 11 is 10.5. The van der Waals surface area contributed by atoms with Crippen LogP contribution in [0.1, 0.15) is 9.67 Å². The molecule has 6 rings (SSSR count). The van der Waals surface area contributed by atoms with Gasteiger partial charge in [0.15, 0.2) is 0 Å². The molecule has 6 aromatic heterocycles. The number of ether oxygens (including phenoxy) is 9. The van der Waals surface area contributed by atoms with Gasteiger partial charge >= 0.3 is 5.97 Å². The van der Waals surface area contributed by atoms with E-state index >= 15 is 0 Å². The van der Waals surface area contributed by atoms with Crippen LogP contribution in [0.15, 0.2) is 78.2 Å². The van der Waals surface area contributed by atoms with Gasteiger partial charge in [-0.1, -0.05) is 6.07 Å². The van der Waals surface area contributed by atoms with Crippen molar-refractivity contribution in [2.24, 2.45) is 0 Å². The topological polar surface area (TPSA) is 100 Å². The lowest BCUT2D eigenvalue weighted by Gasteiger charge is -2.08. The maximum atomic E-state index is 12.7. The quantitative estimate of drug-likeness (QED) is 0.0321. The zero-order valence-electron chi connectivity index (χ0n) is 32.4. The average molecular weight is 905 g/mol. The molecule has 0 bridgehead atoms. The Morgan fingerprint density at radius 1 is 0.379 bits per heavy atom. The lowest BCUT2D eigenvalue weighted by molar-refractivity contribution is -0.0235. The molecule has 0 saturated carbocycles. The standard InChI is InChI=1S/C42H48O10S6/c1-44-14-15-45-16-17-46-18-19-47-20-21-48-22-23-49-24-25-50-26-27-51-28-29-52-42(43)41-13-12-40(58-41)39-11-10-38(57-39)37-9-8-36(56-37)35-7-6-34(55-35)33-5-4-32(54-33)31-3-2-30-53-31/h2-13,30H,14-29H2,1H3. The molecule has 58 heavy (non-hydrogen) atoms. The predicted molar refractivity (Wildman–Crippen MR) is 239 cm³/mol. The van der Waals surface area contributed by atoms with Crippen molar-refractivity contribution >= 4 is 74.0 Å². The van der Waals surface area contributed by atoms with Gasteiger partial charge in [-0.15, -0.1) is 68.0 Å². The van der Waals surface area contributed by atoms with Gasteiger partial charge in [-0.05, 0) is 72.1 Å². The Hall–Kier alpha value is -2.65. The van der Waals surface area contributed by atoms with Gasteiger partial charge in [0.05, 0.1) is 99.1 Å². The van der Waals surface area contributed by atoms with Crippen LogP contribution in [0.25, 0.3) is 48.8 Å².